The fourth-order valence-electron chi connectivity index (χ4n) is 11.0. The molecule has 0 aromatic rings. The van der Waals surface area contributed by atoms with E-state index in [0.29, 0.717) is 25.7 Å². The zero-order valence-electron chi connectivity index (χ0n) is 59.0. The van der Waals surface area contributed by atoms with Gasteiger partial charge in [0, 0.05) is 25.7 Å². The molecule has 0 aromatic heterocycles. The third kappa shape index (κ3) is 66.5. The van der Waals surface area contributed by atoms with Crippen LogP contribution in [0.5, 0.6) is 0 Å². The fourth-order valence-corrected chi connectivity index (χ4v) is 12.6. The minimum atomic E-state index is -4.95. The van der Waals surface area contributed by atoms with Gasteiger partial charge in [-0.1, -0.05) is 324 Å². The number of carbonyl (C=O) groups is 4. The van der Waals surface area contributed by atoms with Crippen LogP contribution in [0.4, 0.5) is 0 Å². The summed E-state index contributed by atoms with van der Waals surface area (Å²) in [5.41, 5.74) is 0. The van der Waals surface area contributed by atoms with Crippen molar-refractivity contribution in [2.24, 2.45) is 5.92 Å². The van der Waals surface area contributed by atoms with Crippen molar-refractivity contribution in [3.05, 3.63) is 0 Å². The first-order valence-corrected chi connectivity index (χ1v) is 40.6. The molecule has 0 saturated heterocycles. The van der Waals surface area contributed by atoms with Gasteiger partial charge in [-0.3, -0.25) is 37.3 Å². The Hall–Kier alpha value is -1.94. The Morgan fingerprint density at radius 3 is 0.747 bits per heavy atom. The first-order valence-electron chi connectivity index (χ1n) is 37.6. The topological polar surface area (TPSA) is 237 Å². The first kappa shape index (κ1) is 89.1. The summed E-state index contributed by atoms with van der Waals surface area (Å²) >= 11 is 0. The summed E-state index contributed by atoms with van der Waals surface area (Å²) in [6.07, 6.45) is 53.6. The van der Waals surface area contributed by atoms with E-state index in [0.717, 1.165) is 115 Å². The molecule has 0 aliphatic rings. The molecule has 17 nitrogen and oxygen atoms in total. The second-order valence-corrected chi connectivity index (χ2v) is 29.4. The van der Waals surface area contributed by atoms with Crippen LogP contribution in [0.3, 0.4) is 0 Å². The van der Waals surface area contributed by atoms with Crippen LogP contribution < -0.4 is 0 Å². The van der Waals surface area contributed by atoms with Crippen molar-refractivity contribution in [3.8, 4) is 0 Å². The molecular formula is C72H140O17P2. The molecule has 3 N–H and O–H groups in total. The molecule has 540 valence electrons. The molecule has 0 heterocycles. The Balaban J connectivity index is 5.06. The number of rotatable bonds is 72. The lowest BCUT2D eigenvalue weighted by atomic mass is 10.0. The zero-order chi connectivity index (χ0) is 67.0. The van der Waals surface area contributed by atoms with Crippen molar-refractivity contribution in [2.45, 2.75) is 393 Å². The molecule has 0 saturated carbocycles. The Bertz CT molecular complexity index is 1750. The summed E-state index contributed by atoms with van der Waals surface area (Å²) in [7, 11) is -9.88. The lowest BCUT2D eigenvalue weighted by molar-refractivity contribution is -0.161. The van der Waals surface area contributed by atoms with Gasteiger partial charge in [0.2, 0.25) is 0 Å². The maximum absolute atomic E-state index is 13.1. The van der Waals surface area contributed by atoms with Crippen molar-refractivity contribution >= 4 is 39.5 Å². The van der Waals surface area contributed by atoms with E-state index in [1.165, 1.54) is 180 Å². The Morgan fingerprint density at radius 2 is 0.505 bits per heavy atom. The first-order chi connectivity index (χ1) is 44.0. The molecule has 5 atom stereocenters. The molecule has 0 fully saturated rings. The molecule has 0 aliphatic heterocycles. The fraction of sp³-hybridized carbons (Fsp3) is 0.944. The Labute approximate surface area is 556 Å². The number of aliphatic hydroxyl groups excluding tert-OH is 1. The average Bonchev–Trinajstić information content (AvgIpc) is 3.71. The van der Waals surface area contributed by atoms with E-state index in [1.807, 2.05) is 0 Å². The predicted octanol–water partition coefficient (Wildman–Crippen LogP) is 20.9. The molecule has 19 heteroatoms. The summed E-state index contributed by atoms with van der Waals surface area (Å²) in [5, 5.41) is 10.5. The van der Waals surface area contributed by atoms with Crippen LogP contribution in [0.15, 0.2) is 0 Å². The van der Waals surface area contributed by atoms with Crippen molar-refractivity contribution < 1.29 is 80.2 Å². The van der Waals surface area contributed by atoms with Gasteiger partial charge in [0.1, 0.15) is 19.3 Å². The second-order valence-electron chi connectivity index (χ2n) is 26.5. The van der Waals surface area contributed by atoms with Crippen LogP contribution in [0, 0.1) is 5.92 Å². The van der Waals surface area contributed by atoms with Gasteiger partial charge in [-0.15, -0.1) is 0 Å². The lowest BCUT2D eigenvalue weighted by Crippen LogP contribution is -2.30. The number of phosphoric ester groups is 2. The van der Waals surface area contributed by atoms with Gasteiger partial charge in [-0.05, 0) is 31.6 Å². The average molecular weight is 1340 g/mol. The number of aliphatic hydroxyl groups is 1. The van der Waals surface area contributed by atoms with Crippen LogP contribution in [-0.4, -0.2) is 96.7 Å². The number of esters is 4. The van der Waals surface area contributed by atoms with Crippen molar-refractivity contribution in [2.75, 3.05) is 39.6 Å². The molecular weight excluding hydrogens is 1200 g/mol. The van der Waals surface area contributed by atoms with E-state index in [-0.39, 0.29) is 25.7 Å². The van der Waals surface area contributed by atoms with Gasteiger partial charge < -0.3 is 33.8 Å². The summed E-state index contributed by atoms with van der Waals surface area (Å²) < 4.78 is 68.0. The van der Waals surface area contributed by atoms with Crippen molar-refractivity contribution in [1.82, 2.24) is 0 Å². The highest BCUT2D eigenvalue weighted by molar-refractivity contribution is 7.47. The summed E-state index contributed by atoms with van der Waals surface area (Å²) in [4.78, 5) is 72.1. The summed E-state index contributed by atoms with van der Waals surface area (Å²) in [6.45, 7) is 7.14. The van der Waals surface area contributed by atoms with E-state index in [1.54, 1.807) is 0 Å². The maximum atomic E-state index is 13.1. The van der Waals surface area contributed by atoms with Gasteiger partial charge in [0.05, 0.1) is 26.4 Å². The Morgan fingerprint density at radius 1 is 0.297 bits per heavy atom. The van der Waals surface area contributed by atoms with Gasteiger partial charge >= 0.3 is 39.5 Å². The van der Waals surface area contributed by atoms with Gasteiger partial charge in [-0.2, -0.15) is 0 Å². The van der Waals surface area contributed by atoms with E-state index in [2.05, 4.69) is 34.6 Å². The number of phosphoric acid groups is 2. The maximum Gasteiger partial charge on any atom is 0.472 e. The number of ether oxygens (including phenoxy) is 4. The normalized spacial score (nSPS) is 14.0. The van der Waals surface area contributed by atoms with E-state index >= 15 is 0 Å². The molecule has 0 radical (unpaired) electrons. The van der Waals surface area contributed by atoms with E-state index < -0.39 is 97.5 Å². The van der Waals surface area contributed by atoms with Gasteiger partial charge in [0.25, 0.3) is 0 Å². The molecule has 0 rings (SSSR count). The highest BCUT2D eigenvalue weighted by Crippen LogP contribution is 2.45. The minimum Gasteiger partial charge on any atom is -0.462 e. The highest BCUT2D eigenvalue weighted by Gasteiger charge is 2.30. The summed E-state index contributed by atoms with van der Waals surface area (Å²) in [6, 6.07) is 0. The Kier molecular flexibility index (Phi) is 64.0. The highest BCUT2D eigenvalue weighted by atomic mass is 31.2. The third-order valence-electron chi connectivity index (χ3n) is 16.8. The molecule has 0 amide bonds. The smallest absolute Gasteiger partial charge is 0.462 e. The van der Waals surface area contributed by atoms with Crippen molar-refractivity contribution in [3.63, 3.8) is 0 Å². The van der Waals surface area contributed by atoms with Crippen molar-refractivity contribution in [1.29, 1.82) is 0 Å². The predicted molar refractivity (Wildman–Crippen MR) is 368 cm³/mol. The van der Waals surface area contributed by atoms with E-state index in [9.17, 15) is 43.2 Å². The zero-order valence-corrected chi connectivity index (χ0v) is 60.8. The number of carbonyl (C=O) groups excluding carboxylic acids is 4. The molecule has 0 bridgehead atoms. The number of unbranched alkanes of at least 4 members (excludes halogenated alkanes) is 44. The SMILES string of the molecule is CCCCCCCCCCCCCCCCCCCCCCCCC(=O)O[C@H](COC(=O)CCCCCCCCCCCCCCCCC(C)C)COP(=O)(O)OC[C@@H](O)COP(=O)(O)OC[C@@H](COC(=O)CCCCCCC)OC(=O)CCCCCCCCC. The molecule has 0 spiro atoms. The number of hydrogen-bond donors (Lipinski definition) is 3. The van der Waals surface area contributed by atoms with E-state index in [4.69, 9.17) is 37.0 Å². The molecule has 91 heavy (non-hydrogen) atoms. The number of hydrogen-bond acceptors (Lipinski definition) is 15. The lowest BCUT2D eigenvalue weighted by Gasteiger charge is -2.21. The van der Waals surface area contributed by atoms with Crippen LogP contribution in [0.25, 0.3) is 0 Å². The molecule has 0 aliphatic carbocycles. The van der Waals surface area contributed by atoms with Crippen LogP contribution in [0.1, 0.15) is 375 Å². The van der Waals surface area contributed by atoms with Crippen LogP contribution >= 0.6 is 15.6 Å². The minimum absolute atomic E-state index is 0.103. The third-order valence-corrected chi connectivity index (χ3v) is 18.7. The van der Waals surface area contributed by atoms with Crippen LogP contribution in [0.2, 0.25) is 0 Å². The largest absolute Gasteiger partial charge is 0.472 e. The summed E-state index contributed by atoms with van der Waals surface area (Å²) in [5.74, 6) is -1.34. The molecule has 0 aromatic carbocycles. The van der Waals surface area contributed by atoms with Gasteiger partial charge in [-0.25, -0.2) is 9.13 Å². The van der Waals surface area contributed by atoms with Gasteiger partial charge in [0.15, 0.2) is 12.2 Å². The quantitative estimate of drug-likeness (QED) is 0.0222. The standard InChI is InChI=1S/C72H140O17P2/c1-6-9-12-15-17-18-19-20-21-22-23-24-25-26-27-28-33-36-39-43-48-53-58-72(77)89-68(62-83-70(75)56-51-46-42-38-35-32-30-29-31-34-37-41-45-49-54-65(4)5)64-87-91(80,81)85-60-66(73)59-84-90(78,79)86-63-67(61-82-69(74)55-50-44-14-11-8-3)88-71(76)57-52-47-40-16-13-10-7-2/h65-68,73H,6-64H2,1-5H3,(H,78,79)(H,80,81)/t66-,67+,68+/m0/s1. The van der Waals surface area contributed by atoms with Crippen LogP contribution in [-0.2, 0) is 65.4 Å². The molecule has 2 unspecified atom stereocenters. The second kappa shape index (κ2) is 65.4. The monoisotopic (exact) mass is 1340 g/mol.